The van der Waals surface area contributed by atoms with Crippen LogP contribution in [0.3, 0.4) is 0 Å². The Balaban J connectivity index is 0.000000758. The van der Waals surface area contributed by atoms with Crippen molar-refractivity contribution in [3.8, 4) is 34.3 Å². The molecule has 40 heavy (non-hydrogen) atoms. The van der Waals surface area contributed by atoms with Crippen molar-refractivity contribution >= 4 is 0 Å². The van der Waals surface area contributed by atoms with Gasteiger partial charge in [-0.2, -0.15) is 0 Å². The summed E-state index contributed by atoms with van der Waals surface area (Å²) in [4.78, 5) is 10.1. The average Bonchev–Trinajstić information content (AvgIpc) is 3.31. The van der Waals surface area contributed by atoms with E-state index in [1.807, 2.05) is 18.5 Å². The summed E-state index contributed by atoms with van der Waals surface area (Å²) in [5.41, 5.74) is 9.75. The third kappa shape index (κ3) is 5.15. The second-order valence-electron chi connectivity index (χ2n) is 11.6. The average molecular weight is 531 g/mol. The summed E-state index contributed by atoms with van der Waals surface area (Å²) < 4.78 is 4.37. The van der Waals surface area contributed by atoms with E-state index in [2.05, 4.69) is 124 Å². The molecular formula is C36H42N4. The Kier molecular flexibility index (Phi) is 7.80. The Morgan fingerprint density at radius 1 is 0.850 bits per heavy atom. The molecule has 4 heteroatoms. The first-order valence-electron chi connectivity index (χ1n) is 14.6. The second-order valence-corrected chi connectivity index (χ2v) is 11.6. The predicted molar refractivity (Wildman–Crippen MR) is 167 cm³/mol. The van der Waals surface area contributed by atoms with Crippen molar-refractivity contribution in [1.82, 2.24) is 19.1 Å². The van der Waals surface area contributed by atoms with Crippen molar-refractivity contribution in [3.63, 3.8) is 0 Å². The van der Waals surface area contributed by atoms with Crippen LogP contribution in [0.1, 0.15) is 69.2 Å². The van der Waals surface area contributed by atoms with Crippen LogP contribution in [0.25, 0.3) is 34.3 Å². The van der Waals surface area contributed by atoms with Gasteiger partial charge in [-0.05, 0) is 67.3 Å². The molecule has 0 bridgehead atoms. The zero-order valence-electron chi connectivity index (χ0n) is 25.1. The van der Waals surface area contributed by atoms with E-state index in [0.29, 0.717) is 5.92 Å². The maximum absolute atomic E-state index is 5.30. The van der Waals surface area contributed by atoms with Crippen molar-refractivity contribution in [2.24, 2.45) is 5.92 Å². The highest BCUT2D eigenvalue weighted by Crippen LogP contribution is 2.55. The molecule has 1 aliphatic carbocycles. The standard InChI is InChI=1S/C32H32N4.C4H10/c1-21-17-22(2)29(23(3)18-21)36-20-28(26-13-9-10-14-27(26)32(5)19-24(32)4)34-31(36)30-33-15-16-35(30)25-11-7-6-8-12-25;1-3-4-2/h6-18,20,24H,19H2,1-5H3;3-4H2,1-2H3/t24-,32?;/m1./s1. The molecule has 0 aliphatic heterocycles. The van der Waals surface area contributed by atoms with Crippen LogP contribution in [0, 0.1) is 26.7 Å². The van der Waals surface area contributed by atoms with E-state index in [1.54, 1.807) is 0 Å². The van der Waals surface area contributed by atoms with Gasteiger partial charge in [0.15, 0.2) is 11.6 Å². The SMILES string of the molecule is CCCC.Cc1cc(C)c(-n2cc(-c3ccccc3C3(C)C[C@H]3C)nc2-c2nccn2-c2ccccc2)c(C)c1. The highest BCUT2D eigenvalue weighted by Gasteiger charge is 2.49. The molecule has 0 N–H and O–H groups in total. The molecule has 2 aromatic heterocycles. The predicted octanol–water partition coefficient (Wildman–Crippen LogP) is 9.42. The van der Waals surface area contributed by atoms with Gasteiger partial charge in [0, 0.05) is 29.8 Å². The molecule has 0 spiro atoms. The molecule has 2 heterocycles. The molecule has 2 atom stereocenters. The fourth-order valence-corrected chi connectivity index (χ4v) is 5.81. The van der Waals surface area contributed by atoms with Crippen molar-refractivity contribution in [1.29, 1.82) is 0 Å². The van der Waals surface area contributed by atoms with Gasteiger partial charge in [0.1, 0.15) is 0 Å². The molecule has 1 saturated carbocycles. The van der Waals surface area contributed by atoms with Gasteiger partial charge in [0.2, 0.25) is 0 Å². The summed E-state index contributed by atoms with van der Waals surface area (Å²) >= 11 is 0. The van der Waals surface area contributed by atoms with Crippen molar-refractivity contribution in [2.75, 3.05) is 0 Å². The van der Waals surface area contributed by atoms with Crippen molar-refractivity contribution < 1.29 is 0 Å². The number of benzene rings is 3. The van der Waals surface area contributed by atoms with E-state index in [1.165, 1.54) is 52.8 Å². The van der Waals surface area contributed by atoms with Gasteiger partial charge < -0.3 is 0 Å². The first kappa shape index (κ1) is 27.6. The minimum atomic E-state index is 0.207. The number of nitrogens with zero attached hydrogens (tertiary/aromatic N) is 4. The fraction of sp³-hybridized carbons (Fsp3) is 0.333. The van der Waals surface area contributed by atoms with E-state index in [-0.39, 0.29) is 5.41 Å². The molecule has 1 unspecified atom stereocenters. The number of hydrogen-bond acceptors (Lipinski definition) is 2. The second kappa shape index (κ2) is 11.3. The number of rotatable bonds is 6. The van der Waals surface area contributed by atoms with Crippen molar-refractivity contribution in [3.05, 3.63) is 108 Å². The number of para-hydroxylation sites is 1. The number of aromatic nitrogens is 4. The third-order valence-corrected chi connectivity index (χ3v) is 8.43. The number of unbranched alkanes of at least 4 members (excludes halogenated alkanes) is 1. The lowest BCUT2D eigenvalue weighted by Crippen LogP contribution is -2.05. The Morgan fingerprint density at radius 2 is 1.48 bits per heavy atom. The van der Waals surface area contributed by atoms with Crippen LogP contribution in [-0.2, 0) is 5.41 Å². The molecule has 1 aliphatic rings. The van der Waals surface area contributed by atoms with Crippen LogP contribution in [-0.4, -0.2) is 19.1 Å². The highest BCUT2D eigenvalue weighted by atomic mass is 15.2. The maximum Gasteiger partial charge on any atom is 0.182 e. The summed E-state index contributed by atoms with van der Waals surface area (Å²) in [6.07, 6.45) is 9.93. The first-order valence-corrected chi connectivity index (χ1v) is 14.6. The molecule has 206 valence electrons. The Hall–Kier alpha value is -3.92. The van der Waals surface area contributed by atoms with Gasteiger partial charge in [0.25, 0.3) is 0 Å². The summed E-state index contributed by atoms with van der Waals surface area (Å²) in [5.74, 6) is 2.35. The minimum absolute atomic E-state index is 0.207. The lowest BCUT2D eigenvalue weighted by Gasteiger charge is -2.16. The molecule has 5 aromatic rings. The van der Waals surface area contributed by atoms with Gasteiger partial charge in [-0.1, -0.05) is 101 Å². The molecule has 4 nitrogen and oxygen atoms in total. The molecule has 0 saturated heterocycles. The highest BCUT2D eigenvalue weighted by molar-refractivity contribution is 5.71. The zero-order chi connectivity index (χ0) is 28.4. The number of hydrogen-bond donors (Lipinski definition) is 0. The number of imidazole rings is 2. The largest absolute Gasteiger partial charge is 0.297 e. The van der Waals surface area contributed by atoms with Gasteiger partial charge in [-0.25, -0.2) is 9.97 Å². The number of aryl methyl sites for hydroxylation is 3. The molecular weight excluding hydrogens is 488 g/mol. The van der Waals surface area contributed by atoms with E-state index in [0.717, 1.165) is 23.0 Å². The molecule has 0 radical (unpaired) electrons. The van der Waals surface area contributed by atoms with Crippen LogP contribution in [0.4, 0.5) is 0 Å². The quantitative estimate of drug-likeness (QED) is 0.219. The van der Waals surface area contributed by atoms with Gasteiger partial charge >= 0.3 is 0 Å². The monoisotopic (exact) mass is 530 g/mol. The van der Waals surface area contributed by atoms with E-state index in [4.69, 9.17) is 9.97 Å². The maximum atomic E-state index is 5.30. The van der Waals surface area contributed by atoms with Crippen LogP contribution in [0.15, 0.2) is 85.3 Å². The lowest BCUT2D eigenvalue weighted by atomic mass is 9.90. The van der Waals surface area contributed by atoms with E-state index < -0.39 is 0 Å². The van der Waals surface area contributed by atoms with Gasteiger partial charge in [-0.15, -0.1) is 0 Å². The summed E-state index contributed by atoms with van der Waals surface area (Å²) in [6, 6.07) is 23.6. The fourth-order valence-electron chi connectivity index (χ4n) is 5.81. The van der Waals surface area contributed by atoms with E-state index >= 15 is 0 Å². The van der Waals surface area contributed by atoms with Gasteiger partial charge in [-0.3, -0.25) is 9.13 Å². The van der Waals surface area contributed by atoms with Crippen LogP contribution in [0.5, 0.6) is 0 Å². The summed E-state index contributed by atoms with van der Waals surface area (Å²) in [5, 5.41) is 0. The smallest absolute Gasteiger partial charge is 0.182 e. The summed E-state index contributed by atoms with van der Waals surface area (Å²) in [7, 11) is 0. The third-order valence-electron chi connectivity index (χ3n) is 8.43. The lowest BCUT2D eigenvalue weighted by molar-refractivity contribution is 0.703. The Morgan fingerprint density at radius 3 is 2.10 bits per heavy atom. The molecule has 6 rings (SSSR count). The topological polar surface area (TPSA) is 35.6 Å². The van der Waals surface area contributed by atoms with Crippen LogP contribution < -0.4 is 0 Å². The Labute approximate surface area is 239 Å². The summed E-state index contributed by atoms with van der Waals surface area (Å²) in [6.45, 7) is 15.6. The van der Waals surface area contributed by atoms with Crippen molar-refractivity contribution in [2.45, 2.75) is 73.1 Å². The van der Waals surface area contributed by atoms with Crippen LogP contribution in [0.2, 0.25) is 0 Å². The molecule has 0 amide bonds. The minimum Gasteiger partial charge on any atom is -0.297 e. The molecule has 1 fully saturated rings. The Bertz CT molecular complexity index is 1580. The van der Waals surface area contributed by atoms with E-state index in [9.17, 15) is 0 Å². The first-order chi connectivity index (χ1) is 19.3. The van der Waals surface area contributed by atoms with Gasteiger partial charge in [0.05, 0.1) is 11.4 Å². The van der Waals surface area contributed by atoms with Crippen LogP contribution >= 0.6 is 0 Å². The normalized spacial score (nSPS) is 17.8. The molecule has 3 aromatic carbocycles. The zero-order valence-corrected chi connectivity index (χ0v) is 25.1.